The van der Waals surface area contributed by atoms with Gasteiger partial charge in [0.1, 0.15) is 0 Å². The molecule has 0 amide bonds. The highest BCUT2D eigenvalue weighted by Gasteiger charge is 2.36. The Morgan fingerprint density at radius 2 is 2.24 bits per heavy atom. The van der Waals surface area contributed by atoms with Gasteiger partial charge in [0.05, 0.1) is 18.8 Å². The molecule has 3 rings (SSSR count). The maximum absolute atomic E-state index is 5.96. The summed E-state index contributed by atoms with van der Waals surface area (Å²) < 4.78 is 5.96. The second-order valence-corrected chi connectivity index (χ2v) is 6.41. The van der Waals surface area contributed by atoms with Crippen molar-refractivity contribution in [2.24, 2.45) is 0 Å². The molecule has 0 aromatic heterocycles. The van der Waals surface area contributed by atoms with Crippen molar-refractivity contribution in [3.8, 4) is 0 Å². The minimum atomic E-state index is 0.455. The second kappa shape index (κ2) is 6.80. The van der Waals surface area contributed by atoms with Crippen molar-refractivity contribution in [1.29, 1.82) is 0 Å². The normalized spacial score (nSPS) is 25.1. The highest BCUT2D eigenvalue weighted by atomic mass is 16.5. The SMILES string of the molecule is CCCNCc1cc(C)ccc1N1CCOC2CCCC21. The molecule has 1 saturated heterocycles. The molecule has 2 atom stereocenters. The van der Waals surface area contributed by atoms with E-state index in [4.69, 9.17) is 4.74 Å². The van der Waals surface area contributed by atoms with E-state index in [0.29, 0.717) is 12.1 Å². The molecule has 3 heteroatoms. The molecule has 0 bridgehead atoms. The Bertz CT molecular complexity index is 474. The number of nitrogens with zero attached hydrogens (tertiary/aromatic N) is 1. The van der Waals surface area contributed by atoms with Crippen LogP contribution in [-0.4, -0.2) is 31.8 Å². The molecule has 1 aromatic carbocycles. The van der Waals surface area contributed by atoms with Crippen LogP contribution in [0.25, 0.3) is 0 Å². The molecule has 1 heterocycles. The van der Waals surface area contributed by atoms with Crippen molar-refractivity contribution in [3.63, 3.8) is 0 Å². The van der Waals surface area contributed by atoms with Crippen LogP contribution in [0.3, 0.4) is 0 Å². The predicted molar refractivity (Wildman–Crippen MR) is 87.9 cm³/mol. The van der Waals surface area contributed by atoms with Crippen LogP contribution in [0, 0.1) is 6.92 Å². The maximum Gasteiger partial charge on any atom is 0.0779 e. The van der Waals surface area contributed by atoms with Crippen LogP contribution in [0.2, 0.25) is 0 Å². The van der Waals surface area contributed by atoms with Gasteiger partial charge in [-0.2, -0.15) is 0 Å². The summed E-state index contributed by atoms with van der Waals surface area (Å²) in [4.78, 5) is 2.61. The van der Waals surface area contributed by atoms with Crippen LogP contribution < -0.4 is 10.2 Å². The van der Waals surface area contributed by atoms with E-state index in [1.165, 1.54) is 42.5 Å². The second-order valence-electron chi connectivity index (χ2n) is 6.41. The van der Waals surface area contributed by atoms with Gasteiger partial charge in [0.25, 0.3) is 0 Å². The number of morpholine rings is 1. The van der Waals surface area contributed by atoms with Crippen LogP contribution in [0.1, 0.15) is 43.7 Å². The standard InChI is InChI=1S/C18H28N2O/c1-3-9-19-13-15-12-14(2)7-8-16(15)20-10-11-21-18-6-4-5-17(18)20/h7-8,12,17-19H,3-6,9-11,13H2,1-2H3. The molecule has 1 aliphatic carbocycles. The van der Waals surface area contributed by atoms with Crippen molar-refractivity contribution >= 4 is 5.69 Å². The van der Waals surface area contributed by atoms with Gasteiger partial charge < -0.3 is 15.0 Å². The van der Waals surface area contributed by atoms with Gasteiger partial charge in [0, 0.05) is 18.8 Å². The first-order valence-electron chi connectivity index (χ1n) is 8.48. The Balaban J connectivity index is 1.82. The fourth-order valence-corrected chi connectivity index (χ4v) is 3.76. The summed E-state index contributed by atoms with van der Waals surface area (Å²) in [5.74, 6) is 0. The number of rotatable bonds is 5. The minimum Gasteiger partial charge on any atom is -0.374 e. The lowest BCUT2D eigenvalue weighted by Crippen LogP contribution is -2.49. The molecule has 21 heavy (non-hydrogen) atoms. The topological polar surface area (TPSA) is 24.5 Å². The number of ether oxygens (including phenoxy) is 1. The molecule has 1 saturated carbocycles. The number of hydrogen-bond donors (Lipinski definition) is 1. The van der Waals surface area contributed by atoms with Crippen molar-refractivity contribution < 1.29 is 4.74 Å². The third-order valence-corrected chi connectivity index (χ3v) is 4.77. The number of benzene rings is 1. The van der Waals surface area contributed by atoms with Crippen LogP contribution >= 0.6 is 0 Å². The highest BCUT2D eigenvalue weighted by molar-refractivity contribution is 5.56. The predicted octanol–water partition coefficient (Wildman–Crippen LogP) is 3.25. The van der Waals surface area contributed by atoms with Gasteiger partial charge in [-0.1, -0.05) is 24.6 Å². The van der Waals surface area contributed by atoms with Crippen molar-refractivity contribution in [2.45, 2.75) is 58.2 Å². The van der Waals surface area contributed by atoms with Crippen molar-refractivity contribution in [3.05, 3.63) is 29.3 Å². The summed E-state index contributed by atoms with van der Waals surface area (Å²) in [7, 11) is 0. The van der Waals surface area contributed by atoms with E-state index in [9.17, 15) is 0 Å². The fourth-order valence-electron chi connectivity index (χ4n) is 3.76. The van der Waals surface area contributed by atoms with E-state index in [-0.39, 0.29) is 0 Å². The summed E-state index contributed by atoms with van der Waals surface area (Å²) in [5.41, 5.74) is 4.21. The van der Waals surface area contributed by atoms with Crippen molar-refractivity contribution in [1.82, 2.24) is 5.32 Å². The van der Waals surface area contributed by atoms with Crippen LogP contribution in [0.5, 0.6) is 0 Å². The first-order valence-corrected chi connectivity index (χ1v) is 8.48. The summed E-state index contributed by atoms with van der Waals surface area (Å²) in [6, 6.07) is 7.50. The Hall–Kier alpha value is -1.06. The van der Waals surface area contributed by atoms with E-state index in [1.54, 1.807) is 0 Å². The Kier molecular flexibility index (Phi) is 4.81. The van der Waals surface area contributed by atoms with E-state index >= 15 is 0 Å². The van der Waals surface area contributed by atoms with Crippen LogP contribution in [-0.2, 0) is 11.3 Å². The minimum absolute atomic E-state index is 0.455. The molecule has 0 radical (unpaired) electrons. The lowest BCUT2D eigenvalue weighted by atomic mass is 10.0. The van der Waals surface area contributed by atoms with Gasteiger partial charge >= 0.3 is 0 Å². The summed E-state index contributed by atoms with van der Waals surface area (Å²) in [5, 5.41) is 3.56. The molecular weight excluding hydrogens is 260 g/mol. The average molecular weight is 288 g/mol. The quantitative estimate of drug-likeness (QED) is 0.842. The Morgan fingerprint density at radius 1 is 1.33 bits per heavy atom. The van der Waals surface area contributed by atoms with Gasteiger partial charge in [-0.05, 0) is 50.8 Å². The van der Waals surface area contributed by atoms with Crippen LogP contribution in [0.4, 0.5) is 5.69 Å². The number of fused-ring (bicyclic) bond motifs is 1. The average Bonchev–Trinajstić information content (AvgIpc) is 2.96. The first kappa shape index (κ1) is 14.9. The molecule has 1 aliphatic heterocycles. The zero-order valence-corrected chi connectivity index (χ0v) is 13.4. The fraction of sp³-hybridized carbons (Fsp3) is 0.667. The van der Waals surface area contributed by atoms with Gasteiger partial charge in [-0.15, -0.1) is 0 Å². The summed E-state index contributed by atoms with van der Waals surface area (Å²) >= 11 is 0. The first-order chi connectivity index (χ1) is 10.3. The molecule has 2 aliphatic rings. The van der Waals surface area contributed by atoms with Gasteiger partial charge in [-0.25, -0.2) is 0 Å². The third kappa shape index (κ3) is 3.24. The zero-order chi connectivity index (χ0) is 14.7. The van der Waals surface area contributed by atoms with Gasteiger partial charge in [0.15, 0.2) is 0 Å². The molecule has 2 unspecified atom stereocenters. The van der Waals surface area contributed by atoms with E-state index in [0.717, 1.165) is 26.2 Å². The Morgan fingerprint density at radius 3 is 3.10 bits per heavy atom. The lowest BCUT2D eigenvalue weighted by Gasteiger charge is -2.40. The third-order valence-electron chi connectivity index (χ3n) is 4.77. The molecule has 116 valence electrons. The Labute approximate surface area is 128 Å². The number of aryl methyl sites for hydroxylation is 1. The molecule has 1 aromatic rings. The zero-order valence-electron chi connectivity index (χ0n) is 13.4. The maximum atomic E-state index is 5.96. The molecular formula is C18H28N2O. The number of anilines is 1. The summed E-state index contributed by atoms with van der Waals surface area (Å²) in [6.07, 6.45) is 5.46. The molecule has 3 nitrogen and oxygen atoms in total. The molecule has 2 fully saturated rings. The van der Waals surface area contributed by atoms with E-state index < -0.39 is 0 Å². The largest absolute Gasteiger partial charge is 0.374 e. The van der Waals surface area contributed by atoms with Crippen LogP contribution in [0.15, 0.2) is 18.2 Å². The lowest BCUT2D eigenvalue weighted by molar-refractivity contribution is 0.0256. The number of hydrogen-bond acceptors (Lipinski definition) is 3. The van der Waals surface area contributed by atoms with Gasteiger partial charge in [-0.3, -0.25) is 0 Å². The van der Waals surface area contributed by atoms with E-state index in [2.05, 4.69) is 42.3 Å². The van der Waals surface area contributed by atoms with Crippen molar-refractivity contribution in [2.75, 3.05) is 24.6 Å². The monoisotopic (exact) mass is 288 g/mol. The number of nitrogens with one attached hydrogen (secondary N) is 1. The smallest absolute Gasteiger partial charge is 0.0779 e. The van der Waals surface area contributed by atoms with E-state index in [1.807, 2.05) is 0 Å². The van der Waals surface area contributed by atoms with Gasteiger partial charge in [0.2, 0.25) is 0 Å². The molecule has 1 N–H and O–H groups in total. The molecule has 0 spiro atoms. The summed E-state index contributed by atoms with van der Waals surface area (Å²) in [6.45, 7) is 8.37. The highest BCUT2D eigenvalue weighted by Crippen LogP contribution is 2.34.